The van der Waals surface area contributed by atoms with Gasteiger partial charge >= 0.3 is 0 Å². The summed E-state index contributed by atoms with van der Waals surface area (Å²) in [5, 5.41) is 0. The molecule has 0 aromatic heterocycles. The summed E-state index contributed by atoms with van der Waals surface area (Å²) < 4.78 is 24.1. The molecule has 0 aliphatic carbocycles. The van der Waals surface area contributed by atoms with Crippen LogP contribution in [0.1, 0.15) is 17.3 Å². The Morgan fingerprint density at radius 3 is 2.64 bits per heavy atom. The second-order valence-corrected chi connectivity index (χ2v) is 4.52. The van der Waals surface area contributed by atoms with E-state index in [0.717, 1.165) is 0 Å². The number of hydrogen-bond donors (Lipinski definition) is 0. The van der Waals surface area contributed by atoms with Crippen LogP contribution in [0.5, 0.6) is 0 Å². The molecule has 76 valence electrons. The van der Waals surface area contributed by atoms with Crippen molar-refractivity contribution in [3.63, 3.8) is 0 Å². The van der Waals surface area contributed by atoms with Crippen molar-refractivity contribution in [1.29, 1.82) is 0 Å². The van der Waals surface area contributed by atoms with E-state index < -0.39 is 22.4 Å². The van der Waals surface area contributed by atoms with Gasteiger partial charge in [-0.3, -0.25) is 9.00 Å². The summed E-state index contributed by atoms with van der Waals surface area (Å²) in [7, 11) is -1.18. The lowest BCUT2D eigenvalue weighted by Crippen LogP contribution is -2.13. The number of rotatable bonds is 4. The second kappa shape index (κ2) is 5.00. The first-order chi connectivity index (χ1) is 6.65. The van der Waals surface area contributed by atoms with E-state index in [1.54, 1.807) is 13.0 Å². The van der Waals surface area contributed by atoms with Gasteiger partial charge in [-0.1, -0.05) is 19.1 Å². The average Bonchev–Trinajstić information content (AvgIpc) is 2.18. The molecule has 0 N–H and O–H groups in total. The molecule has 0 saturated carbocycles. The molecule has 0 aliphatic rings. The van der Waals surface area contributed by atoms with Crippen molar-refractivity contribution < 1.29 is 13.4 Å². The molecule has 0 fully saturated rings. The van der Waals surface area contributed by atoms with Gasteiger partial charge < -0.3 is 0 Å². The Labute approximate surface area is 84.6 Å². The van der Waals surface area contributed by atoms with E-state index in [1.807, 2.05) is 0 Å². The summed E-state index contributed by atoms with van der Waals surface area (Å²) in [4.78, 5) is 11.4. The third-order valence-electron chi connectivity index (χ3n) is 1.79. The zero-order valence-electron chi connectivity index (χ0n) is 7.83. The van der Waals surface area contributed by atoms with E-state index >= 15 is 0 Å². The highest BCUT2D eigenvalue weighted by Gasteiger charge is 2.12. The molecule has 1 aromatic rings. The summed E-state index contributed by atoms with van der Waals surface area (Å²) in [6.45, 7) is 1.73. The minimum Gasteiger partial charge on any atom is -0.293 e. The summed E-state index contributed by atoms with van der Waals surface area (Å²) >= 11 is 0. The Bertz CT molecular complexity index is 363. The van der Waals surface area contributed by atoms with Crippen molar-refractivity contribution >= 4 is 16.6 Å². The number of hydrogen-bond acceptors (Lipinski definition) is 2. The molecule has 14 heavy (non-hydrogen) atoms. The smallest absolute Gasteiger partial charge is 0.178 e. The van der Waals surface area contributed by atoms with Crippen LogP contribution in [-0.4, -0.2) is 21.5 Å². The van der Waals surface area contributed by atoms with Crippen molar-refractivity contribution in [2.75, 3.05) is 11.5 Å². The largest absolute Gasteiger partial charge is 0.293 e. The Morgan fingerprint density at radius 2 is 2.07 bits per heavy atom. The average molecular weight is 214 g/mol. The van der Waals surface area contributed by atoms with Gasteiger partial charge in [0.2, 0.25) is 0 Å². The van der Waals surface area contributed by atoms with Crippen molar-refractivity contribution in [1.82, 2.24) is 0 Å². The number of benzene rings is 1. The number of Topliss-reactive ketones (excluding diaryl/α,β-unsaturated/α-hetero) is 1. The molecule has 0 radical (unpaired) electrons. The summed E-state index contributed by atoms with van der Waals surface area (Å²) in [6, 6.07) is 5.74. The van der Waals surface area contributed by atoms with E-state index in [2.05, 4.69) is 0 Å². The lowest BCUT2D eigenvalue weighted by atomic mass is 10.1. The SMILES string of the molecule is CCS(=O)CC(=O)c1ccccc1F. The zero-order chi connectivity index (χ0) is 10.6. The first-order valence-electron chi connectivity index (χ1n) is 4.28. The molecule has 0 heterocycles. The van der Waals surface area contributed by atoms with Gasteiger partial charge in [0.15, 0.2) is 5.78 Å². The standard InChI is InChI=1S/C10H11FO2S/c1-2-14(13)7-10(12)8-5-3-4-6-9(8)11/h3-6H,2,7H2,1H3. The van der Waals surface area contributed by atoms with E-state index in [0.29, 0.717) is 5.75 Å². The molecular formula is C10H11FO2S. The van der Waals surface area contributed by atoms with Gasteiger partial charge in [-0.05, 0) is 12.1 Å². The molecule has 1 atom stereocenters. The Kier molecular flexibility index (Phi) is 3.95. The minimum atomic E-state index is -1.18. The van der Waals surface area contributed by atoms with Gasteiger partial charge in [-0.2, -0.15) is 0 Å². The van der Waals surface area contributed by atoms with Crippen LogP contribution in [0, 0.1) is 5.82 Å². The van der Waals surface area contributed by atoms with Gasteiger partial charge in [0.1, 0.15) is 5.82 Å². The number of carbonyl (C=O) groups is 1. The van der Waals surface area contributed by atoms with Crippen molar-refractivity contribution in [2.24, 2.45) is 0 Å². The van der Waals surface area contributed by atoms with E-state index in [-0.39, 0.29) is 11.3 Å². The topological polar surface area (TPSA) is 34.1 Å². The molecular weight excluding hydrogens is 203 g/mol. The molecule has 0 saturated heterocycles. The highest BCUT2D eigenvalue weighted by Crippen LogP contribution is 2.07. The fourth-order valence-corrected chi connectivity index (χ4v) is 1.67. The van der Waals surface area contributed by atoms with Crippen molar-refractivity contribution in [3.05, 3.63) is 35.6 Å². The summed E-state index contributed by atoms with van der Waals surface area (Å²) in [6.07, 6.45) is 0. The number of ketones is 1. The van der Waals surface area contributed by atoms with Gasteiger partial charge in [-0.25, -0.2) is 4.39 Å². The van der Waals surface area contributed by atoms with E-state index in [9.17, 15) is 13.4 Å². The number of halogens is 1. The first kappa shape index (κ1) is 11.0. The maximum absolute atomic E-state index is 13.1. The highest BCUT2D eigenvalue weighted by molar-refractivity contribution is 7.85. The lowest BCUT2D eigenvalue weighted by Gasteiger charge is -2.00. The number of carbonyl (C=O) groups excluding carboxylic acids is 1. The van der Waals surface area contributed by atoms with Crippen LogP contribution >= 0.6 is 0 Å². The predicted molar refractivity (Wildman–Crippen MR) is 54.3 cm³/mol. The van der Waals surface area contributed by atoms with Crippen LogP contribution < -0.4 is 0 Å². The van der Waals surface area contributed by atoms with Crippen LogP contribution in [0.3, 0.4) is 0 Å². The molecule has 0 bridgehead atoms. The molecule has 0 amide bonds. The third-order valence-corrected chi connectivity index (χ3v) is 3.02. The van der Waals surface area contributed by atoms with Gasteiger partial charge in [-0.15, -0.1) is 0 Å². The summed E-state index contributed by atoms with van der Waals surface area (Å²) in [5.41, 5.74) is 0.0225. The molecule has 0 aliphatic heterocycles. The minimum absolute atomic E-state index is 0.0225. The van der Waals surface area contributed by atoms with Crippen LogP contribution in [0.2, 0.25) is 0 Å². The molecule has 0 spiro atoms. The summed E-state index contributed by atoms with van der Waals surface area (Å²) in [5.74, 6) is -0.633. The van der Waals surface area contributed by atoms with Crippen molar-refractivity contribution in [3.8, 4) is 0 Å². The predicted octanol–water partition coefficient (Wildman–Crippen LogP) is 1.78. The Balaban J connectivity index is 2.80. The molecule has 4 heteroatoms. The van der Waals surface area contributed by atoms with Gasteiger partial charge in [0.25, 0.3) is 0 Å². The van der Waals surface area contributed by atoms with Crippen molar-refractivity contribution in [2.45, 2.75) is 6.92 Å². The molecule has 2 nitrogen and oxygen atoms in total. The fraction of sp³-hybridized carbons (Fsp3) is 0.300. The molecule has 1 unspecified atom stereocenters. The highest BCUT2D eigenvalue weighted by atomic mass is 32.2. The molecule has 1 rings (SSSR count). The van der Waals surface area contributed by atoms with Crippen LogP contribution in [0.4, 0.5) is 4.39 Å². The molecule has 1 aromatic carbocycles. The van der Waals surface area contributed by atoms with E-state index in [4.69, 9.17) is 0 Å². The van der Waals surface area contributed by atoms with Gasteiger partial charge in [0, 0.05) is 16.6 Å². The maximum Gasteiger partial charge on any atom is 0.178 e. The first-order valence-corrected chi connectivity index (χ1v) is 5.76. The zero-order valence-corrected chi connectivity index (χ0v) is 8.64. The quantitative estimate of drug-likeness (QED) is 0.716. The lowest BCUT2D eigenvalue weighted by molar-refractivity contribution is 0.101. The monoisotopic (exact) mass is 214 g/mol. The van der Waals surface area contributed by atoms with E-state index in [1.165, 1.54) is 18.2 Å². The third kappa shape index (κ3) is 2.73. The van der Waals surface area contributed by atoms with Crippen LogP contribution in [0.15, 0.2) is 24.3 Å². The fourth-order valence-electron chi connectivity index (χ4n) is 1.01. The van der Waals surface area contributed by atoms with Crippen LogP contribution in [0.25, 0.3) is 0 Å². The van der Waals surface area contributed by atoms with Crippen LogP contribution in [-0.2, 0) is 10.8 Å². The van der Waals surface area contributed by atoms with Gasteiger partial charge in [0.05, 0.1) is 11.3 Å². The second-order valence-electron chi connectivity index (χ2n) is 2.78. The normalized spacial score (nSPS) is 12.4. The maximum atomic E-state index is 13.1. The Hall–Kier alpha value is -1.03. The Morgan fingerprint density at radius 1 is 1.43 bits per heavy atom.